The van der Waals surface area contributed by atoms with Gasteiger partial charge in [0.15, 0.2) is 5.76 Å². The van der Waals surface area contributed by atoms with Gasteiger partial charge in [-0.3, -0.25) is 0 Å². The average molecular weight is 280 g/mol. The minimum absolute atomic E-state index is 0.245. The fourth-order valence-electron chi connectivity index (χ4n) is 1.48. The standard InChI is InChI=1S/C11H5F5O3/c12-10(13,9(17)18)8-4-5-3-6(11(14,15)16)1-2-7(5)19-8/h1-4H,(H,17,18). The Morgan fingerprint density at radius 3 is 2.26 bits per heavy atom. The first kappa shape index (κ1) is 13.3. The van der Waals surface area contributed by atoms with Crippen molar-refractivity contribution in [1.82, 2.24) is 0 Å². The summed E-state index contributed by atoms with van der Waals surface area (Å²) in [5.41, 5.74) is -1.28. The van der Waals surface area contributed by atoms with Gasteiger partial charge in [-0.05, 0) is 24.3 Å². The molecule has 2 rings (SSSR count). The summed E-state index contributed by atoms with van der Waals surface area (Å²) in [6.45, 7) is 0. The van der Waals surface area contributed by atoms with Crippen LogP contribution in [0.2, 0.25) is 0 Å². The van der Waals surface area contributed by atoms with Crippen molar-refractivity contribution >= 4 is 16.9 Å². The number of halogens is 5. The first-order valence-electron chi connectivity index (χ1n) is 4.85. The van der Waals surface area contributed by atoms with Crippen LogP contribution in [0.15, 0.2) is 28.7 Å². The molecule has 0 aliphatic carbocycles. The average Bonchev–Trinajstić information content (AvgIpc) is 2.70. The maximum Gasteiger partial charge on any atom is 0.416 e. The minimum atomic E-state index is -4.62. The van der Waals surface area contributed by atoms with E-state index in [1.54, 1.807) is 0 Å². The molecule has 1 N–H and O–H groups in total. The number of carbonyl (C=O) groups is 1. The van der Waals surface area contributed by atoms with Crippen LogP contribution in [0, 0.1) is 0 Å². The Morgan fingerprint density at radius 1 is 1.11 bits per heavy atom. The summed E-state index contributed by atoms with van der Waals surface area (Å²) in [5, 5.41) is 8.07. The van der Waals surface area contributed by atoms with E-state index in [1.165, 1.54) is 0 Å². The van der Waals surface area contributed by atoms with Gasteiger partial charge in [-0.2, -0.15) is 22.0 Å². The molecule has 2 aromatic rings. The molecule has 3 nitrogen and oxygen atoms in total. The van der Waals surface area contributed by atoms with Crippen LogP contribution in [0.5, 0.6) is 0 Å². The zero-order chi connectivity index (χ0) is 14.4. The third-order valence-electron chi connectivity index (χ3n) is 2.42. The molecular weight excluding hydrogens is 275 g/mol. The number of hydrogen-bond acceptors (Lipinski definition) is 2. The molecule has 0 amide bonds. The zero-order valence-corrected chi connectivity index (χ0v) is 8.96. The van der Waals surface area contributed by atoms with Gasteiger partial charge in [0.2, 0.25) is 0 Å². The van der Waals surface area contributed by atoms with Gasteiger partial charge in [0.25, 0.3) is 0 Å². The van der Waals surface area contributed by atoms with E-state index < -0.39 is 29.4 Å². The molecule has 1 heterocycles. The van der Waals surface area contributed by atoms with Crippen molar-refractivity contribution in [2.24, 2.45) is 0 Å². The molecule has 0 unspecified atom stereocenters. The normalized spacial score (nSPS) is 12.9. The molecule has 0 radical (unpaired) electrons. The number of aliphatic carboxylic acids is 1. The number of benzene rings is 1. The molecule has 1 aromatic heterocycles. The smallest absolute Gasteiger partial charge is 0.416 e. The predicted molar refractivity (Wildman–Crippen MR) is 52.7 cm³/mol. The van der Waals surface area contributed by atoms with E-state index in [4.69, 9.17) is 5.11 Å². The lowest BCUT2D eigenvalue weighted by molar-refractivity contribution is -0.168. The maximum atomic E-state index is 13.1. The van der Waals surface area contributed by atoms with E-state index >= 15 is 0 Å². The van der Waals surface area contributed by atoms with Gasteiger partial charge >= 0.3 is 18.1 Å². The molecule has 0 aliphatic rings. The highest BCUT2D eigenvalue weighted by Gasteiger charge is 2.44. The van der Waals surface area contributed by atoms with Crippen LogP contribution in [-0.2, 0) is 16.9 Å². The van der Waals surface area contributed by atoms with Gasteiger partial charge in [-0.25, -0.2) is 4.79 Å². The fraction of sp³-hybridized carbons (Fsp3) is 0.182. The molecule has 19 heavy (non-hydrogen) atoms. The van der Waals surface area contributed by atoms with Gasteiger partial charge < -0.3 is 9.52 Å². The maximum absolute atomic E-state index is 13.1. The summed E-state index contributed by atoms with van der Waals surface area (Å²) < 4.78 is 68.1. The fourth-order valence-corrected chi connectivity index (χ4v) is 1.48. The number of fused-ring (bicyclic) bond motifs is 1. The summed E-state index contributed by atoms with van der Waals surface area (Å²) >= 11 is 0. The quantitative estimate of drug-likeness (QED) is 0.854. The van der Waals surface area contributed by atoms with Crippen LogP contribution < -0.4 is 0 Å². The second-order valence-electron chi connectivity index (χ2n) is 3.74. The summed E-state index contributed by atoms with van der Waals surface area (Å²) in [7, 11) is 0. The van der Waals surface area contributed by atoms with E-state index in [1.807, 2.05) is 0 Å². The Balaban J connectivity index is 2.56. The van der Waals surface area contributed by atoms with Crippen LogP contribution in [0.1, 0.15) is 11.3 Å². The lowest BCUT2D eigenvalue weighted by atomic mass is 10.1. The Kier molecular flexibility index (Phi) is 2.76. The van der Waals surface area contributed by atoms with Crippen molar-refractivity contribution in [1.29, 1.82) is 0 Å². The third-order valence-corrected chi connectivity index (χ3v) is 2.42. The summed E-state index contributed by atoms with van der Waals surface area (Å²) in [4.78, 5) is 10.3. The number of rotatable bonds is 2. The second-order valence-corrected chi connectivity index (χ2v) is 3.74. The van der Waals surface area contributed by atoms with E-state index in [9.17, 15) is 26.7 Å². The molecule has 0 aliphatic heterocycles. The Hall–Kier alpha value is -2.12. The van der Waals surface area contributed by atoms with Crippen LogP contribution in [0.4, 0.5) is 22.0 Å². The summed E-state index contributed by atoms with van der Waals surface area (Å²) in [5.74, 6) is -7.95. The van der Waals surface area contributed by atoms with E-state index in [0.717, 1.165) is 6.07 Å². The lowest BCUT2D eigenvalue weighted by Crippen LogP contribution is -2.24. The van der Waals surface area contributed by atoms with Gasteiger partial charge in [0, 0.05) is 5.39 Å². The lowest BCUT2D eigenvalue weighted by Gasteiger charge is -2.05. The molecule has 0 saturated carbocycles. The van der Waals surface area contributed by atoms with Crippen molar-refractivity contribution in [3.05, 3.63) is 35.6 Å². The van der Waals surface area contributed by atoms with Crippen molar-refractivity contribution in [2.75, 3.05) is 0 Å². The number of furan rings is 1. The van der Waals surface area contributed by atoms with Gasteiger partial charge in [-0.1, -0.05) is 0 Å². The molecule has 0 spiro atoms. The van der Waals surface area contributed by atoms with Gasteiger partial charge in [0.1, 0.15) is 5.58 Å². The van der Waals surface area contributed by atoms with Gasteiger partial charge in [0.05, 0.1) is 5.56 Å². The molecular formula is C11H5F5O3. The largest absolute Gasteiger partial charge is 0.476 e. The summed E-state index contributed by atoms with van der Waals surface area (Å²) in [6.07, 6.45) is -4.62. The van der Waals surface area contributed by atoms with Crippen LogP contribution in [0.3, 0.4) is 0 Å². The third kappa shape index (κ3) is 2.25. The number of alkyl halides is 5. The zero-order valence-electron chi connectivity index (χ0n) is 8.96. The van der Waals surface area contributed by atoms with Gasteiger partial charge in [-0.15, -0.1) is 0 Å². The van der Waals surface area contributed by atoms with Crippen LogP contribution >= 0.6 is 0 Å². The summed E-state index contributed by atoms with van der Waals surface area (Å²) in [6, 6.07) is 2.72. The highest BCUT2D eigenvalue weighted by molar-refractivity contribution is 5.83. The monoisotopic (exact) mass is 280 g/mol. The van der Waals surface area contributed by atoms with Crippen molar-refractivity contribution in [2.45, 2.75) is 12.1 Å². The van der Waals surface area contributed by atoms with Crippen LogP contribution in [-0.4, -0.2) is 11.1 Å². The van der Waals surface area contributed by atoms with Crippen molar-refractivity contribution in [3.8, 4) is 0 Å². The molecule has 0 bridgehead atoms. The van der Waals surface area contributed by atoms with Crippen molar-refractivity contribution in [3.63, 3.8) is 0 Å². The van der Waals surface area contributed by atoms with E-state index in [-0.39, 0.29) is 11.0 Å². The Morgan fingerprint density at radius 2 is 1.74 bits per heavy atom. The van der Waals surface area contributed by atoms with E-state index in [2.05, 4.69) is 4.42 Å². The first-order chi connectivity index (χ1) is 8.62. The first-order valence-corrected chi connectivity index (χ1v) is 4.85. The molecule has 1 aromatic carbocycles. The minimum Gasteiger partial charge on any atom is -0.476 e. The number of hydrogen-bond donors (Lipinski definition) is 1. The highest BCUT2D eigenvalue weighted by atomic mass is 19.4. The number of carboxylic acid groups (broad SMARTS) is 1. The Bertz CT molecular complexity index is 641. The highest BCUT2D eigenvalue weighted by Crippen LogP contribution is 2.36. The predicted octanol–water partition coefficient (Wildman–Crippen LogP) is 3.63. The topological polar surface area (TPSA) is 50.4 Å². The molecule has 0 atom stereocenters. The number of carboxylic acids is 1. The molecule has 102 valence electrons. The Labute approximate surface area is 102 Å². The van der Waals surface area contributed by atoms with Crippen LogP contribution in [0.25, 0.3) is 11.0 Å². The van der Waals surface area contributed by atoms with Crippen molar-refractivity contribution < 1.29 is 36.3 Å². The molecule has 0 fully saturated rings. The SMILES string of the molecule is O=C(O)C(F)(F)c1cc2cc(C(F)(F)F)ccc2o1. The molecule has 0 saturated heterocycles. The second kappa shape index (κ2) is 3.94. The van der Waals surface area contributed by atoms with E-state index in [0.29, 0.717) is 18.2 Å². The molecule has 8 heteroatoms.